The molecule has 0 amide bonds. The third-order valence-electron chi connectivity index (χ3n) is 4.29. The van der Waals surface area contributed by atoms with E-state index in [-0.39, 0.29) is 0 Å². The van der Waals surface area contributed by atoms with Crippen LogP contribution in [-0.2, 0) is 0 Å². The number of allylic oxidation sites excluding steroid dienone is 2. The minimum atomic E-state index is 0.971. The first-order chi connectivity index (χ1) is 11.4. The summed E-state index contributed by atoms with van der Waals surface area (Å²) < 4.78 is 0. The minimum absolute atomic E-state index is 0.971. The molecular weight excluding hydrogens is 280 g/mol. The van der Waals surface area contributed by atoms with Crippen molar-refractivity contribution in [3.63, 3.8) is 0 Å². The number of anilines is 1. The summed E-state index contributed by atoms with van der Waals surface area (Å²) >= 11 is 0. The monoisotopic (exact) mass is 298 g/mol. The van der Waals surface area contributed by atoms with Gasteiger partial charge >= 0.3 is 0 Å². The number of hydrogen-bond donors (Lipinski definition) is 0. The predicted octanol–water partition coefficient (Wildman–Crippen LogP) is 5.13. The molecule has 1 aromatic heterocycles. The van der Waals surface area contributed by atoms with Gasteiger partial charge in [-0.15, -0.1) is 0 Å². The molecule has 0 fully saturated rings. The summed E-state index contributed by atoms with van der Waals surface area (Å²) in [7, 11) is 0. The molecule has 0 unspecified atom stereocenters. The summed E-state index contributed by atoms with van der Waals surface area (Å²) in [5.74, 6) is 0. The fourth-order valence-electron chi connectivity index (χ4n) is 3.12. The SMILES string of the molecule is CCN1C=CC(=Cc2ccnc3ccccc23)c2ccccc21. The van der Waals surface area contributed by atoms with Gasteiger partial charge in [-0.25, -0.2) is 0 Å². The van der Waals surface area contributed by atoms with Crippen LogP contribution in [0.2, 0.25) is 0 Å². The summed E-state index contributed by atoms with van der Waals surface area (Å²) in [4.78, 5) is 6.72. The number of aromatic nitrogens is 1. The molecular formula is C21H18N2. The smallest absolute Gasteiger partial charge is 0.0707 e. The zero-order chi connectivity index (χ0) is 15.6. The Morgan fingerprint density at radius 3 is 2.74 bits per heavy atom. The molecule has 0 radical (unpaired) electrons. The van der Waals surface area contributed by atoms with Gasteiger partial charge in [0.2, 0.25) is 0 Å². The van der Waals surface area contributed by atoms with Crippen molar-refractivity contribution >= 4 is 28.2 Å². The van der Waals surface area contributed by atoms with E-state index in [1.807, 2.05) is 12.3 Å². The Morgan fingerprint density at radius 2 is 1.83 bits per heavy atom. The maximum absolute atomic E-state index is 4.45. The molecule has 2 nitrogen and oxygen atoms in total. The number of para-hydroxylation sites is 2. The molecule has 112 valence electrons. The van der Waals surface area contributed by atoms with Gasteiger partial charge in [-0.2, -0.15) is 0 Å². The third kappa shape index (κ3) is 2.42. The average molecular weight is 298 g/mol. The van der Waals surface area contributed by atoms with E-state index in [1.54, 1.807) is 0 Å². The first kappa shape index (κ1) is 13.8. The number of benzene rings is 2. The lowest BCUT2D eigenvalue weighted by molar-refractivity contribution is 1.01. The molecule has 0 saturated heterocycles. The Morgan fingerprint density at radius 1 is 1.00 bits per heavy atom. The summed E-state index contributed by atoms with van der Waals surface area (Å²) in [5.41, 5.74) is 6.02. The highest BCUT2D eigenvalue weighted by molar-refractivity contribution is 5.99. The van der Waals surface area contributed by atoms with Gasteiger partial charge < -0.3 is 4.90 Å². The van der Waals surface area contributed by atoms with E-state index in [1.165, 1.54) is 27.8 Å². The zero-order valence-electron chi connectivity index (χ0n) is 13.1. The highest BCUT2D eigenvalue weighted by Crippen LogP contribution is 2.34. The van der Waals surface area contributed by atoms with Crippen LogP contribution >= 0.6 is 0 Å². The Labute approximate surface area is 136 Å². The summed E-state index contributed by atoms with van der Waals surface area (Å²) in [5, 5.41) is 1.19. The van der Waals surface area contributed by atoms with Gasteiger partial charge in [0.1, 0.15) is 0 Å². The first-order valence-electron chi connectivity index (χ1n) is 7.96. The van der Waals surface area contributed by atoms with Gasteiger partial charge in [-0.1, -0.05) is 36.4 Å². The topological polar surface area (TPSA) is 16.1 Å². The van der Waals surface area contributed by atoms with Crippen LogP contribution in [0, 0.1) is 0 Å². The van der Waals surface area contributed by atoms with E-state index in [0.29, 0.717) is 0 Å². The molecule has 0 saturated carbocycles. The van der Waals surface area contributed by atoms with Crippen molar-refractivity contribution in [3.8, 4) is 0 Å². The Bertz CT molecular complexity index is 917. The molecule has 0 bridgehead atoms. The van der Waals surface area contributed by atoms with Crippen LogP contribution in [0.25, 0.3) is 22.6 Å². The summed E-state index contributed by atoms with van der Waals surface area (Å²) in [6.07, 6.45) is 8.50. The van der Waals surface area contributed by atoms with Crippen LogP contribution in [0.15, 0.2) is 73.1 Å². The van der Waals surface area contributed by atoms with E-state index >= 15 is 0 Å². The molecule has 3 aromatic rings. The molecule has 1 aliphatic heterocycles. The van der Waals surface area contributed by atoms with E-state index in [2.05, 4.69) is 83.7 Å². The number of fused-ring (bicyclic) bond motifs is 2. The predicted molar refractivity (Wildman–Crippen MR) is 98.2 cm³/mol. The lowest BCUT2D eigenvalue weighted by atomic mass is 9.97. The highest BCUT2D eigenvalue weighted by atomic mass is 15.1. The molecule has 4 rings (SSSR count). The van der Waals surface area contributed by atoms with Crippen molar-refractivity contribution in [1.82, 2.24) is 4.98 Å². The Kier molecular flexibility index (Phi) is 3.43. The molecule has 0 atom stereocenters. The van der Waals surface area contributed by atoms with E-state index in [9.17, 15) is 0 Å². The number of pyridine rings is 1. The second kappa shape index (κ2) is 5.73. The van der Waals surface area contributed by atoms with Crippen molar-refractivity contribution in [2.75, 3.05) is 11.4 Å². The quantitative estimate of drug-likeness (QED) is 0.652. The molecule has 0 aliphatic carbocycles. The van der Waals surface area contributed by atoms with Gasteiger partial charge in [-0.05, 0) is 48.4 Å². The van der Waals surface area contributed by atoms with Crippen molar-refractivity contribution in [3.05, 3.63) is 84.2 Å². The van der Waals surface area contributed by atoms with Crippen LogP contribution in [0.3, 0.4) is 0 Å². The normalized spacial score (nSPS) is 15.2. The number of nitrogens with zero attached hydrogens (tertiary/aromatic N) is 2. The molecule has 0 spiro atoms. The van der Waals surface area contributed by atoms with Gasteiger partial charge in [0.05, 0.1) is 5.52 Å². The molecule has 2 heterocycles. The van der Waals surface area contributed by atoms with Crippen LogP contribution in [0.5, 0.6) is 0 Å². The lowest BCUT2D eigenvalue weighted by Gasteiger charge is -2.26. The first-order valence-corrected chi connectivity index (χ1v) is 7.96. The molecule has 2 aromatic carbocycles. The van der Waals surface area contributed by atoms with Crippen molar-refractivity contribution in [2.24, 2.45) is 0 Å². The molecule has 2 heteroatoms. The van der Waals surface area contributed by atoms with Gasteiger partial charge in [0.25, 0.3) is 0 Å². The van der Waals surface area contributed by atoms with Crippen molar-refractivity contribution in [2.45, 2.75) is 6.92 Å². The fourth-order valence-corrected chi connectivity index (χ4v) is 3.12. The largest absolute Gasteiger partial charge is 0.348 e. The van der Waals surface area contributed by atoms with Crippen molar-refractivity contribution < 1.29 is 0 Å². The van der Waals surface area contributed by atoms with Gasteiger partial charge in [0, 0.05) is 35.6 Å². The maximum Gasteiger partial charge on any atom is 0.0707 e. The summed E-state index contributed by atoms with van der Waals surface area (Å²) in [6.45, 7) is 3.14. The Hall–Kier alpha value is -2.87. The van der Waals surface area contributed by atoms with Crippen LogP contribution in [0.4, 0.5) is 5.69 Å². The van der Waals surface area contributed by atoms with Gasteiger partial charge in [0.15, 0.2) is 0 Å². The zero-order valence-corrected chi connectivity index (χ0v) is 13.1. The van der Waals surface area contributed by atoms with E-state index < -0.39 is 0 Å². The third-order valence-corrected chi connectivity index (χ3v) is 4.29. The van der Waals surface area contributed by atoms with E-state index in [0.717, 1.165) is 12.1 Å². The molecule has 23 heavy (non-hydrogen) atoms. The maximum atomic E-state index is 4.45. The lowest BCUT2D eigenvalue weighted by Crippen LogP contribution is -2.18. The fraction of sp³-hybridized carbons (Fsp3) is 0.0952. The molecule has 0 N–H and O–H groups in total. The van der Waals surface area contributed by atoms with Crippen molar-refractivity contribution in [1.29, 1.82) is 0 Å². The Balaban J connectivity index is 1.88. The van der Waals surface area contributed by atoms with E-state index in [4.69, 9.17) is 0 Å². The van der Waals surface area contributed by atoms with Gasteiger partial charge in [-0.3, -0.25) is 4.98 Å². The summed E-state index contributed by atoms with van der Waals surface area (Å²) in [6, 6.07) is 18.9. The standard InChI is InChI=1S/C21H18N2/c1-2-23-14-12-17(19-8-4-6-10-21(19)23)15-16-11-13-22-20-9-5-3-7-18(16)20/h3-15H,2H2,1H3. The van der Waals surface area contributed by atoms with Crippen LogP contribution < -0.4 is 4.90 Å². The number of hydrogen-bond acceptors (Lipinski definition) is 2. The minimum Gasteiger partial charge on any atom is -0.348 e. The average Bonchev–Trinajstić information content (AvgIpc) is 2.62. The second-order valence-electron chi connectivity index (χ2n) is 5.64. The molecule has 1 aliphatic rings. The van der Waals surface area contributed by atoms with Crippen LogP contribution in [0.1, 0.15) is 18.1 Å². The second-order valence-corrected chi connectivity index (χ2v) is 5.64. The highest BCUT2D eigenvalue weighted by Gasteiger charge is 2.14. The number of rotatable bonds is 2. The van der Waals surface area contributed by atoms with Crippen LogP contribution in [-0.4, -0.2) is 11.5 Å².